The van der Waals surface area contributed by atoms with E-state index in [9.17, 15) is 4.80 Å². The van der Waals surface area contributed by atoms with Gasteiger partial charge in [0.1, 0.15) is 0 Å². The highest BCUT2D eigenvalue weighted by molar-refractivity contribution is 6.51. The van der Waals surface area contributed by atoms with Gasteiger partial charge in [0.2, 0.25) is 0 Å². The third-order valence-corrected chi connectivity index (χ3v) is 2.68. The molecule has 7 nitrogen and oxygen atoms in total. The Morgan fingerprint density at radius 2 is 0.929 bits per heavy atom. The molecule has 0 amide bonds. The Bertz CT molecular complexity index is 141. The Hall–Kier alpha value is -0.0631. The first-order valence-electron chi connectivity index (χ1n) is 4.07. The van der Waals surface area contributed by atoms with Gasteiger partial charge in [0.25, 0.3) is 0 Å². The number of hydrogen-bond donors (Lipinski definition) is 1. The maximum absolute atomic E-state index is 9.87. The van der Waals surface area contributed by atoms with Crippen molar-refractivity contribution in [3.8, 4) is 0 Å². The standard InChI is InChI=1S/C6H19N3O4Si/c1-7(2)11-14(10,12-8(3)4)13-9(5)6/h10H,1-6H3. The van der Waals surface area contributed by atoms with Crippen LogP contribution in [0, 0.1) is 0 Å². The van der Waals surface area contributed by atoms with E-state index in [2.05, 4.69) is 0 Å². The van der Waals surface area contributed by atoms with Crippen LogP contribution in [0.3, 0.4) is 0 Å². The van der Waals surface area contributed by atoms with E-state index in [0.29, 0.717) is 0 Å². The molecule has 0 heterocycles. The predicted molar refractivity (Wildman–Crippen MR) is 52.3 cm³/mol. The summed E-state index contributed by atoms with van der Waals surface area (Å²) in [6.45, 7) is 0. The lowest BCUT2D eigenvalue weighted by atomic mass is 11.2. The summed E-state index contributed by atoms with van der Waals surface area (Å²) in [6, 6.07) is 0. The van der Waals surface area contributed by atoms with Gasteiger partial charge in [-0.3, -0.25) is 13.6 Å². The van der Waals surface area contributed by atoms with Gasteiger partial charge in [0.15, 0.2) is 0 Å². The summed E-state index contributed by atoms with van der Waals surface area (Å²) in [6.07, 6.45) is 0. The van der Waals surface area contributed by atoms with E-state index in [-0.39, 0.29) is 0 Å². The van der Waals surface area contributed by atoms with Crippen LogP contribution in [0.25, 0.3) is 0 Å². The van der Waals surface area contributed by atoms with Crippen molar-refractivity contribution in [1.29, 1.82) is 0 Å². The topological polar surface area (TPSA) is 57.6 Å². The van der Waals surface area contributed by atoms with E-state index in [0.717, 1.165) is 0 Å². The van der Waals surface area contributed by atoms with Gasteiger partial charge in [-0.15, -0.1) is 0 Å². The summed E-state index contributed by atoms with van der Waals surface area (Å²) in [4.78, 5) is 9.87. The summed E-state index contributed by atoms with van der Waals surface area (Å²) in [7, 11) is 6.15. The first-order valence-corrected chi connectivity index (χ1v) is 5.74. The van der Waals surface area contributed by atoms with Crippen LogP contribution in [0.15, 0.2) is 0 Å². The Morgan fingerprint density at radius 1 is 0.714 bits per heavy atom. The molecule has 0 fully saturated rings. The van der Waals surface area contributed by atoms with Crippen molar-refractivity contribution in [2.45, 2.75) is 0 Å². The number of nitrogens with zero attached hydrogens (tertiary/aromatic N) is 3. The number of rotatable bonds is 6. The van der Waals surface area contributed by atoms with Crippen molar-refractivity contribution in [1.82, 2.24) is 15.2 Å². The SMILES string of the molecule is CN(C)O[Si](O)(ON(C)C)ON(C)C. The molecule has 0 unspecified atom stereocenters. The van der Waals surface area contributed by atoms with Gasteiger partial charge in [-0.25, -0.2) is 15.2 Å². The second-order valence-corrected chi connectivity index (χ2v) is 4.83. The molecule has 0 aliphatic rings. The third-order valence-electron chi connectivity index (χ3n) is 0.894. The molecule has 0 aromatic heterocycles. The van der Waals surface area contributed by atoms with E-state index in [4.69, 9.17) is 13.6 Å². The maximum Gasteiger partial charge on any atom is 0.729 e. The first kappa shape index (κ1) is 13.9. The average Bonchev–Trinajstić information content (AvgIpc) is 1.76. The predicted octanol–water partition coefficient (Wildman–Crippen LogP) is -1.11. The van der Waals surface area contributed by atoms with Crippen molar-refractivity contribution in [3.63, 3.8) is 0 Å². The lowest BCUT2D eigenvalue weighted by Gasteiger charge is -2.28. The quantitative estimate of drug-likeness (QED) is 0.454. The molecule has 0 atom stereocenters. The van der Waals surface area contributed by atoms with Crippen molar-refractivity contribution < 1.29 is 18.4 Å². The fourth-order valence-electron chi connectivity index (χ4n) is 0.742. The molecule has 86 valence electrons. The Kier molecular flexibility index (Phi) is 5.70. The van der Waals surface area contributed by atoms with Crippen LogP contribution in [0.1, 0.15) is 0 Å². The summed E-state index contributed by atoms with van der Waals surface area (Å²) >= 11 is 0. The molecule has 0 rings (SSSR count). The van der Waals surface area contributed by atoms with Crippen molar-refractivity contribution in [2.75, 3.05) is 42.3 Å². The Labute approximate surface area is 85.7 Å². The molecule has 1 N–H and O–H groups in total. The van der Waals surface area contributed by atoms with Gasteiger partial charge in [-0.05, 0) is 0 Å². The van der Waals surface area contributed by atoms with Crippen LogP contribution in [-0.4, -0.2) is 71.3 Å². The van der Waals surface area contributed by atoms with Gasteiger partial charge in [-0.2, -0.15) is 0 Å². The van der Waals surface area contributed by atoms with Crippen LogP contribution in [0.2, 0.25) is 0 Å². The van der Waals surface area contributed by atoms with E-state index in [1.165, 1.54) is 15.2 Å². The van der Waals surface area contributed by atoms with Crippen LogP contribution < -0.4 is 0 Å². The molecular formula is C6H19N3O4Si. The number of hydrogen-bond acceptors (Lipinski definition) is 7. The smallest absolute Gasteiger partial charge is 0.365 e. The van der Waals surface area contributed by atoms with Crippen LogP contribution in [-0.2, 0) is 13.6 Å². The molecule has 0 aliphatic carbocycles. The lowest BCUT2D eigenvalue weighted by Crippen LogP contribution is -2.54. The van der Waals surface area contributed by atoms with Gasteiger partial charge in [-0.1, -0.05) is 0 Å². The Morgan fingerprint density at radius 3 is 1.07 bits per heavy atom. The van der Waals surface area contributed by atoms with E-state index < -0.39 is 9.05 Å². The zero-order valence-electron chi connectivity index (χ0n) is 9.51. The second kappa shape index (κ2) is 5.73. The van der Waals surface area contributed by atoms with Gasteiger partial charge in [0.05, 0.1) is 0 Å². The van der Waals surface area contributed by atoms with E-state index in [1.54, 1.807) is 42.3 Å². The molecule has 0 aromatic rings. The van der Waals surface area contributed by atoms with Crippen molar-refractivity contribution in [2.24, 2.45) is 0 Å². The molecule has 0 bridgehead atoms. The van der Waals surface area contributed by atoms with Gasteiger partial charge in [0, 0.05) is 42.3 Å². The number of hydroxylamine groups is 6. The van der Waals surface area contributed by atoms with Crippen LogP contribution >= 0.6 is 0 Å². The minimum absolute atomic E-state index is 1.33. The Balaban J connectivity index is 4.32. The average molecular weight is 225 g/mol. The summed E-state index contributed by atoms with van der Waals surface area (Å²) < 4.78 is 15.2. The normalized spacial score (nSPS) is 13.3. The highest BCUT2D eigenvalue weighted by Crippen LogP contribution is 2.08. The van der Waals surface area contributed by atoms with Crippen LogP contribution in [0.4, 0.5) is 0 Å². The first-order chi connectivity index (χ1) is 6.25. The second-order valence-electron chi connectivity index (χ2n) is 3.23. The molecule has 0 spiro atoms. The van der Waals surface area contributed by atoms with Crippen molar-refractivity contribution >= 4 is 9.05 Å². The molecule has 8 heteroatoms. The largest absolute Gasteiger partial charge is 0.729 e. The molecule has 0 radical (unpaired) electrons. The minimum atomic E-state index is -3.66. The highest BCUT2D eigenvalue weighted by atomic mass is 28.4. The lowest BCUT2D eigenvalue weighted by molar-refractivity contribution is -0.226. The highest BCUT2D eigenvalue weighted by Gasteiger charge is 2.46. The fourth-order valence-corrected chi connectivity index (χ4v) is 2.23. The fraction of sp³-hybridized carbons (Fsp3) is 1.00. The van der Waals surface area contributed by atoms with E-state index >= 15 is 0 Å². The third kappa shape index (κ3) is 6.40. The van der Waals surface area contributed by atoms with Crippen LogP contribution in [0.5, 0.6) is 0 Å². The summed E-state index contributed by atoms with van der Waals surface area (Å²) in [5.74, 6) is 0. The molecule has 0 saturated carbocycles. The zero-order valence-corrected chi connectivity index (χ0v) is 10.5. The maximum atomic E-state index is 9.87. The van der Waals surface area contributed by atoms with Gasteiger partial charge >= 0.3 is 9.05 Å². The summed E-state index contributed by atoms with van der Waals surface area (Å²) in [5.41, 5.74) is 0. The zero-order chi connectivity index (χ0) is 11.4. The minimum Gasteiger partial charge on any atom is -0.365 e. The molecule has 14 heavy (non-hydrogen) atoms. The van der Waals surface area contributed by atoms with Gasteiger partial charge < -0.3 is 4.80 Å². The van der Waals surface area contributed by atoms with Crippen molar-refractivity contribution in [3.05, 3.63) is 0 Å². The summed E-state index contributed by atoms with van der Waals surface area (Å²) in [5, 5.41) is 4.00. The van der Waals surface area contributed by atoms with E-state index in [1.807, 2.05) is 0 Å². The molecular weight excluding hydrogens is 206 g/mol. The molecule has 0 saturated heterocycles. The molecule has 0 aromatic carbocycles. The monoisotopic (exact) mass is 225 g/mol. The molecule has 0 aliphatic heterocycles.